The van der Waals surface area contributed by atoms with Gasteiger partial charge in [-0.05, 0) is 74.5 Å². The van der Waals surface area contributed by atoms with Gasteiger partial charge in [0.05, 0.1) is 39.5 Å². The molecule has 2 bridgehead atoms. The molecule has 200 valence electrons. The predicted molar refractivity (Wildman–Crippen MR) is 153 cm³/mol. The van der Waals surface area contributed by atoms with Gasteiger partial charge in [-0.15, -0.1) is 5.10 Å². The molecule has 0 amide bonds. The first kappa shape index (κ1) is 25.3. The van der Waals surface area contributed by atoms with Crippen LogP contribution in [0.5, 0.6) is 0 Å². The van der Waals surface area contributed by atoms with Crippen molar-refractivity contribution in [1.82, 2.24) is 24.9 Å². The third-order valence-electron chi connectivity index (χ3n) is 8.51. The van der Waals surface area contributed by atoms with E-state index in [1.54, 1.807) is 24.4 Å². The molecule has 1 aliphatic carbocycles. The largest absolute Gasteiger partial charge is 0.379 e. The molecule has 8 nitrogen and oxygen atoms in total. The first-order valence-corrected chi connectivity index (χ1v) is 14.1. The molecule has 2 aromatic heterocycles. The van der Waals surface area contributed by atoms with Crippen LogP contribution in [0, 0.1) is 23.1 Å². The number of benzene rings is 2. The van der Waals surface area contributed by atoms with Crippen LogP contribution in [0.3, 0.4) is 0 Å². The van der Waals surface area contributed by atoms with Crippen molar-refractivity contribution in [2.45, 2.75) is 43.2 Å². The Bertz CT molecular complexity index is 1620. The van der Waals surface area contributed by atoms with Crippen molar-refractivity contribution in [3.63, 3.8) is 0 Å². The number of pyridine rings is 1. The molecule has 2 aromatic carbocycles. The second-order valence-electron chi connectivity index (χ2n) is 11.2. The van der Waals surface area contributed by atoms with Gasteiger partial charge in [-0.1, -0.05) is 28.9 Å². The Labute approximate surface area is 237 Å². The van der Waals surface area contributed by atoms with Crippen LogP contribution in [-0.4, -0.2) is 58.4 Å². The van der Waals surface area contributed by atoms with Crippen LogP contribution in [0.2, 0.25) is 5.02 Å². The lowest BCUT2D eigenvalue weighted by molar-refractivity contribution is 0.0976. The summed E-state index contributed by atoms with van der Waals surface area (Å²) in [5.41, 5.74) is 2.17. The van der Waals surface area contributed by atoms with E-state index in [2.05, 4.69) is 36.9 Å². The van der Waals surface area contributed by atoms with E-state index in [-0.39, 0.29) is 11.9 Å². The van der Waals surface area contributed by atoms with Crippen LogP contribution >= 0.6 is 11.6 Å². The van der Waals surface area contributed by atoms with E-state index in [1.165, 1.54) is 12.1 Å². The SMILES string of the molecule is [B]C(Nc1cc(Cl)c2ncc(C#N)c(NC3CN4CCC3CC4)c2c1)(c1ccc(F)cc1)c1cn(C2CC2)nn1. The highest BCUT2D eigenvalue weighted by Crippen LogP contribution is 2.39. The van der Waals surface area contributed by atoms with Crippen LogP contribution < -0.4 is 10.6 Å². The highest BCUT2D eigenvalue weighted by atomic mass is 35.5. The highest BCUT2D eigenvalue weighted by Gasteiger charge is 2.36. The molecule has 40 heavy (non-hydrogen) atoms. The van der Waals surface area contributed by atoms with E-state index < -0.39 is 5.44 Å². The standard InChI is InChI=1S/C29H27BClFN8/c30-29(19-1-3-20(32)4-2-19,26-16-40(38-37-26)22-5-6-22)36-21-11-23-27(18(13-33)14-34-28(23)24(31)12-21)35-25-15-39-9-7-17(25)8-10-39/h1-4,11-12,14,16-17,22,25,36H,5-10,15H2,(H,34,35). The number of nitriles is 1. The third-order valence-corrected chi connectivity index (χ3v) is 8.80. The molecule has 2 atom stereocenters. The zero-order valence-electron chi connectivity index (χ0n) is 21.8. The summed E-state index contributed by atoms with van der Waals surface area (Å²) in [6, 6.07) is 12.5. The van der Waals surface area contributed by atoms with Crippen molar-refractivity contribution in [3.8, 4) is 6.07 Å². The number of nitrogens with one attached hydrogen (secondary N) is 2. The lowest BCUT2D eigenvalue weighted by Gasteiger charge is -2.45. The number of hydrogen-bond acceptors (Lipinski definition) is 7. The Kier molecular flexibility index (Phi) is 6.17. The number of rotatable bonds is 7. The smallest absolute Gasteiger partial charge is 0.123 e. The van der Waals surface area contributed by atoms with E-state index in [0.717, 1.165) is 56.4 Å². The normalized spacial score (nSPS) is 23.5. The first-order valence-electron chi connectivity index (χ1n) is 13.7. The molecule has 11 heteroatoms. The van der Waals surface area contributed by atoms with Crippen LogP contribution in [0.4, 0.5) is 15.8 Å². The Morgan fingerprint density at radius 1 is 1.12 bits per heavy atom. The zero-order chi connectivity index (χ0) is 27.4. The molecule has 8 rings (SSSR count). The molecule has 2 radical (unpaired) electrons. The van der Waals surface area contributed by atoms with Crippen LogP contribution in [-0.2, 0) is 5.44 Å². The number of aromatic nitrogens is 4. The van der Waals surface area contributed by atoms with Crippen LogP contribution in [0.25, 0.3) is 10.9 Å². The minimum Gasteiger partial charge on any atom is -0.379 e. The van der Waals surface area contributed by atoms with Gasteiger partial charge < -0.3 is 15.5 Å². The topological polar surface area (TPSA) is 94.7 Å². The van der Waals surface area contributed by atoms with Gasteiger partial charge in [0.25, 0.3) is 0 Å². The highest BCUT2D eigenvalue weighted by molar-refractivity contribution is 6.36. The monoisotopic (exact) mass is 552 g/mol. The average molecular weight is 553 g/mol. The fraction of sp³-hybridized carbons (Fsp3) is 0.379. The van der Waals surface area contributed by atoms with Crippen LogP contribution in [0.1, 0.15) is 48.5 Å². The maximum absolute atomic E-state index is 13.9. The molecule has 0 spiro atoms. The Morgan fingerprint density at radius 2 is 1.90 bits per heavy atom. The van der Waals surface area contributed by atoms with Gasteiger partial charge in [-0.3, -0.25) is 4.98 Å². The van der Waals surface area contributed by atoms with E-state index >= 15 is 0 Å². The van der Waals surface area contributed by atoms with E-state index in [4.69, 9.17) is 19.4 Å². The lowest BCUT2D eigenvalue weighted by Crippen LogP contribution is -2.53. The number of nitrogens with zero attached hydrogens (tertiary/aromatic N) is 6. The molecule has 3 aliphatic heterocycles. The van der Waals surface area contributed by atoms with E-state index in [0.29, 0.717) is 45.0 Å². The van der Waals surface area contributed by atoms with Crippen molar-refractivity contribution in [3.05, 3.63) is 76.5 Å². The molecule has 5 heterocycles. The number of halogens is 2. The number of hydrogen-bond donors (Lipinski definition) is 2. The van der Waals surface area contributed by atoms with Crippen molar-refractivity contribution in [1.29, 1.82) is 5.26 Å². The fourth-order valence-electron chi connectivity index (χ4n) is 6.09. The number of piperidine rings is 3. The van der Waals surface area contributed by atoms with Crippen LogP contribution in [0.15, 0.2) is 48.8 Å². The zero-order valence-corrected chi connectivity index (χ0v) is 22.6. The second kappa shape index (κ2) is 9.75. The summed E-state index contributed by atoms with van der Waals surface area (Å²) in [5.74, 6) is 0.195. The van der Waals surface area contributed by atoms with Crippen molar-refractivity contribution in [2.24, 2.45) is 5.92 Å². The molecule has 4 aromatic rings. The van der Waals surface area contributed by atoms with Gasteiger partial charge in [-0.2, -0.15) is 5.26 Å². The van der Waals surface area contributed by atoms with Gasteiger partial charge >= 0.3 is 0 Å². The quantitative estimate of drug-likeness (QED) is 0.318. The van der Waals surface area contributed by atoms with Gasteiger partial charge in [0.2, 0.25) is 0 Å². The molecule has 2 unspecified atom stereocenters. The van der Waals surface area contributed by atoms with Gasteiger partial charge in [0.15, 0.2) is 0 Å². The Hall–Kier alpha value is -3.68. The molecule has 1 saturated carbocycles. The predicted octanol–water partition coefficient (Wildman–Crippen LogP) is 4.81. The second-order valence-corrected chi connectivity index (χ2v) is 11.6. The molecular formula is C29H27BClFN8. The summed E-state index contributed by atoms with van der Waals surface area (Å²) in [4.78, 5) is 6.98. The van der Waals surface area contributed by atoms with E-state index in [9.17, 15) is 9.65 Å². The lowest BCUT2D eigenvalue weighted by atomic mass is 9.69. The number of anilines is 2. The molecule has 3 saturated heterocycles. The molecule has 4 aliphatic rings. The van der Waals surface area contributed by atoms with Crippen molar-refractivity contribution < 1.29 is 4.39 Å². The van der Waals surface area contributed by atoms with E-state index in [1.807, 2.05) is 16.9 Å². The minimum absolute atomic E-state index is 0.237. The summed E-state index contributed by atoms with van der Waals surface area (Å²) in [6.45, 7) is 3.19. The van der Waals surface area contributed by atoms with Gasteiger partial charge in [0, 0.05) is 29.9 Å². The van der Waals surface area contributed by atoms with Crippen molar-refractivity contribution >= 4 is 41.7 Å². The Balaban J connectivity index is 1.31. The van der Waals surface area contributed by atoms with Crippen molar-refractivity contribution in [2.75, 3.05) is 30.3 Å². The summed E-state index contributed by atoms with van der Waals surface area (Å²) < 4.78 is 15.7. The minimum atomic E-state index is -1.33. The summed E-state index contributed by atoms with van der Waals surface area (Å²) in [7, 11) is 7.05. The maximum atomic E-state index is 13.9. The molecule has 2 N–H and O–H groups in total. The number of fused-ring (bicyclic) bond motifs is 4. The maximum Gasteiger partial charge on any atom is 0.123 e. The van der Waals surface area contributed by atoms with Gasteiger partial charge in [0.1, 0.15) is 25.4 Å². The Morgan fingerprint density at radius 3 is 2.58 bits per heavy atom. The summed E-state index contributed by atoms with van der Waals surface area (Å²) in [5, 5.41) is 26.9. The summed E-state index contributed by atoms with van der Waals surface area (Å²) >= 11 is 6.79. The molecule has 4 fully saturated rings. The fourth-order valence-corrected chi connectivity index (χ4v) is 6.35. The molecular weight excluding hydrogens is 526 g/mol. The first-order chi connectivity index (χ1) is 19.4. The average Bonchev–Trinajstić information content (AvgIpc) is 3.70. The summed E-state index contributed by atoms with van der Waals surface area (Å²) in [6.07, 6.45) is 7.80. The third kappa shape index (κ3) is 4.47. The van der Waals surface area contributed by atoms with Gasteiger partial charge in [-0.25, -0.2) is 9.07 Å².